The maximum atomic E-state index is 11.3. The predicted octanol–water partition coefficient (Wildman–Crippen LogP) is -0.0383. The molecule has 0 saturated carbocycles. The second-order valence-electron chi connectivity index (χ2n) is 4.16. The molecule has 1 atom stereocenters. The Morgan fingerprint density at radius 2 is 2.11 bits per heavy atom. The van der Waals surface area contributed by atoms with Gasteiger partial charge in [-0.1, -0.05) is 0 Å². The average molecular weight is 260 g/mol. The van der Waals surface area contributed by atoms with E-state index in [2.05, 4.69) is 0 Å². The van der Waals surface area contributed by atoms with E-state index in [1.165, 1.54) is 0 Å². The highest BCUT2D eigenvalue weighted by atomic mass is 16.7. The van der Waals surface area contributed by atoms with Gasteiger partial charge in [0.25, 0.3) is 0 Å². The van der Waals surface area contributed by atoms with E-state index in [9.17, 15) is 4.79 Å². The molecule has 2 N–H and O–H groups in total. The van der Waals surface area contributed by atoms with Gasteiger partial charge < -0.3 is 19.9 Å². The second kappa shape index (κ2) is 8.42. The molecule has 1 aliphatic heterocycles. The zero-order valence-corrected chi connectivity index (χ0v) is 11.3. The Bertz CT molecular complexity index is 244. The molecule has 0 aromatic heterocycles. The van der Waals surface area contributed by atoms with Crippen molar-refractivity contribution >= 4 is 5.91 Å². The van der Waals surface area contributed by atoms with Gasteiger partial charge in [-0.05, 0) is 13.8 Å². The molecule has 1 saturated heterocycles. The molecule has 0 bridgehead atoms. The number of nitrogens with zero attached hydrogens (tertiary/aromatic N) is 1. The number of morpholine rings is 1. The van der Waals surface area contributed by atoms with Crippen LogP contribution in [0.4, 0.5) is 0 Å². The molecular formula is C12H24N2O4. The molecule has 18 heavy (non-hydrogen) atoms. The summed E-state index contributed by atoms with van der Waals surface area (Å²) in [7, 11) is 0. The van der Waals surface area contributed by atoms with Crippen LogP contribution in [0.2, 0.25) is 0 Å². The van der Waals surface area contributed by atoms with Gasteiger partial charge in [0.15, 0.2) is 6.29 Å². The quantitative estimate of drug-likeness (QED) is 0.620. The first kappa shape index (κ1) is 15.4. The van der Waals surface area contributed by atoms with E-state index in [0.717, 1.165) is 19.5 Å². The number of nitrogens with two attached hydrogens (primary N) is 1. The fourth-order valence-corrected chi connectivity index (χ4v) is 2.03. The van der Waals surface area contributed by atoms with Crippen molar-refractivity contribution in [3.8, 4) is 0 Å². The average Bonchev–Trinajstić information content (AvgIpc) is 2.36. The highest BCUT2D eigenvalue weighted by molar-refractivity contribution is 5.80. The number of carbonyl (C=O) groups is 1. The van der Waals surface area contributed by atoms with Crippen molar-refractivity contribution < 1.29 is 19.0 Å². The number of hydrogen-bond donors (Lipinski definition) is 1. The van der Waals surface area contributed by atoms with Gasteiger partial charge in [0.05, 0.1) is 13.2 Å². The van der Waals surface area contributed by atoms with E-state index in [0.29, 0.717) is 26.4 Å². The maximum Gasteiger partial charge on any atom is 0.237 e. The summed E-state index contributed by atoms with van der Waals surface area (Å²) in [5.41, 5.74) is 5.36. The summed E-state index contributed by atoms with van der Waals surface area (Å²) in [6.07, 6.45) is 0.516. The van der Waals surface area contributed by atoms with E-state index in [-0.39, 0.29) is 18.2 Å². The molecule has 0 spiro atoms. The van der Waals surface area contributed by atoms with E-state index >= 15 is 0 Å². The van der Waals surface area contributed by atoms with E-state index in [1.807, 2.05) is 18.7 Å². The Balaban J connectivity index is 2.40. The van der Waals surface area contributed by atoms with Crippen LogP contribution in [0.15, 0.2) is 0 Å². The third-order valence-corrected chi connectivity index (χ3v) is 2.92. The topological polar surface area (TPSA) is 74.0 Å². The van der Waals surface area contributed by atoms with Crippen LogP contribution in [0.3, 0.4) is 0 Å². The van der Waals surface area contributed by atoms with Crippen molar-refractivity contribution in [1.29, 1.82) is 0 Å². The zero-order chi connectivity index (χ0) is 13.4. The van der Waals surface area contributed by atoms with Crippen LogP contribution in [0.5, 0.6) is 0 Å². The second-order valence-corrected chi connectivity index (χ2v) is 4.16. The van der Waals surface area contributed by atoms with Crippen LogP contribution in [-0.2, 0) is 19.0 Å². The van der Waals surface area contributed by atoms with Crippen LogP contribution in [0, 0.1) is 0 Å². The standard InChI is InChI=1S/C12H24N2O4/c1-3-17-11(18-4-2)5-6-14-7-8-16-9-10(14)12(13)15/h10-11H,3-9H2,1-2H3,(H2,13,15). The van der Waals surface area contributed by atoms with E-state index in [1.54, 1.807) is 0 Å². The third kappa shape index (κ3) is 4.89. The molecule has 106 valence electrons. The molecule has 1 unspecified atom stereocenters. The van der Waals surface area contributed by atoms with Crippen molar-refractivity contribution in [2.24, 2.45) is 5.73 Å². The number of rotatable bonds is 8. The van der Waals surface area contributed by atoms with Crippen molar-refractivity contribution in [1.82, 2.24) is 4.90 Å². The first-order chi connectivity index (χ1) is 8.69. The van der Waals surface area contributed by atoms with Gasteiger partial charge in [0.2, 0.25) is 5.91 Å². The van der Waals surface area contributed by atoms with Crippen molar-refractivity contribution in [3.63, 3.8) is 0 Å². The summed E-state index contributed by atoms with van der Waals surface area (Å²) in [4.78, 5) is 13.3. The van der Waals surface area contributed by atoms with Gasteiger partial charge in [0, 0.05) is 32.7 Å². The molecule has 0 aromatic carbocycles. The molecule has 0 radical (unpaired) electrons. The molecule has 0 aromatic rings. The minimum absolute atomic E-state index is 0.212. The molecule has 1 amide bonds. The number of carbonyl (C=O) groups excluding carboxylic acids is 1. The summed E-state index contributed by atoms with van der Waals surface area (Å²) < 4.78 is 16.2. The summed E-state index contributed by atoms with van der Waals surface area (Å²) in [5.74, 6) is -0.334. The Kier molecular flexibility index (Phi) is 7.19. The molecule has 0 aliphatic carbocycles. The molecular weight excluding hydrogens is 236 g/mol. The number of hydrogen-bond acceptors (Lipinski definition) is 5. The monoisotopic (exact) mass is 260 g/mol. The lowest BCUT2D eigenvalue weighted by molar-refractivity contribution is -0.147. The lowest BCUT2D eigenvalue weighted by Gasteiger charge is -2.34. The van der Waals surface area contributed by atoms with E-state index in [4.69, 9.17) is 19.9 Å². The van der Waals surface area contributed by atoms with Crippen LogP contribution in [0.1, 0.15) is 20.3 Å². The summed E-state index contributed by atoms with van der Waals surface area (Å²) >= 11 is 0. The molecule has 1 rings (SSSR count). The number of ether oxygens (including phenoxy) is 3. The molecule has 1 aliphatic rings. The minimum atomic E-state index is -0.334. The van der Waals surface area contributed by atoms with Gasteiger partial charge in [-0.15, -0.1) is 0 Å². The van der Waals surface area contributed by atoms with Crippen molar-refractivity contribution in [2.45, 2.75) is 32.6 Å². The Labute approximate surface area is 108 Å². The van der Waals surface area contributed by atoms with Gasteiger partial charge in [-0.3, -0.25) is 9.69 Å². The molecule has 6 nitrogen and oxygen atoms in total. The minimum Gasteiger partial charge on any atom is -0.378 e. The highest BCUT2D eigenvalue weighted by Gasteiger charge is 2.27. The fraction of sp³-hybridized carbons (Fsp3) is 0.917. The molecule has 6 heteroatoms. The van der Waals surface area contributed by atoms with Gasteiger partial charge in [-0.25, -0.2) is 0 Å². The van der Waals surface area contributed by atoms with Crippen LogP contribution in [-0.4, -0.2) is 62.7 Å². The SMILES string of the molecule is CCOC(CCN1CCOCC1C(N)=O)OCC. The van der Waals surface area contributed by atoms with Crippen LogP contribution < -0.4 is 5.73 Å². The summed E-state index contributed by atoms with van der Waals surface area (Å²) in [6.45, 7) is 7.57. The first-order valence-corrected chi connectivity index (χ1v) is 6.53. The Morgan fingerprint density at radius 3 is 2.67 bits per heavy atom. The normalized spacial score (nSPS) is 21.4. The number of amides is 1. The van der Waals surface area contributed by atoms with Crippen LogP contribution in [0.25, 0.3) is 0 Å². The Morgan fingerprint density at radius 1 is 1.44 bits per heavy atom. The zero-order valence-electron chi connectivity index (χ0n) is 11.3. The fourth-order valence-electron chi connectivity index (χ4n) is 2.03. The third-order valence-electron chi connectivity index (χ3n) is 2.92. The largest absolute Gasteiger partial charge is 0.378 e. The lowest BCUT2D eigenvalue weighted by Crippen LogP contribution is -2.53. The van der Waals surface area contributed by atoms with Gasteiger partial charge in [-0.2, -0.15) is 0 Å². The Hall–Kier alpha value is -0.690. The van der Waals surface area contributed by atoms with Crippen molar-refractivity contribution in [2.75, 3.05) is 39.5 Å². The highest BCUT2D eigenvalue weighted by Crippen LogP contribution is 2.10. The van der Waals surface area contributed by atoms with Gasteiger partial charge >= 0.3 is 0 Å². The van der Waals surface area contributed by atoms with Crippen LogP contribution >= 0.6 is 0 Å². The predicted molar refractivity (Wildman–Crippen MR) is 67.0 cm³/mol. The smallest absolute Gasteiger partial charge is 0.237 e. The first-order valence-electron chi connectivity index (χ1n) is 6.53. The van der Waals surface area contributed by atoms with E-state index < -0.39 is 0 Å². The maximum absolute atomic E-state index is 11.3. The lowest BCUT2D eigenvalue weighted by atomic mass is 10.2. The summed E-state index contributed by atoms with van der Waals surface area (Å²) in [5, 5.41) is 0. The molecule has 1 fully saturated rings. The summed E-state index contributed by atoms with van der Waals surface area (Å²) in [6, 6.07) is -0.331. The van der Waals surface area contributed by atoms with Crippen molar-refractivity contribution in [3.05, 3.63) is 0 Å². The van der Waals surface area contributed by atoms with Gasteiger partial charge in [0.1, 0.15) is 6.04 Å². The number of primary amides is 1. The molecule has 1 heterocycles.